The molecule has 0 amide bonds. The van der Waals surface area contributed by atoms with Gasteiger partial charge in [0.25, 0.3) is 0 Å². The number of nitrogens with two attached hydrogens (primary N) is 1. The number of hydrogen-bond acceptors (Lipinski definition) is 2. The highest BCUT2D eigenvalue weighted by molar-refractivity contribution is 5.82. The molecule has 1 unspecified atom stereocenters. The minimum absolute atomic E-state index is 0.0648. The van der Waals surface area contributed by atoms with E-state index in [1.54, 1.807) is 0 Å². The van der Waals surface area contributed by atoms with Gasteiger partial charge in [0.1, 0.15) is 5.84 Å². The van der Waals surface area contributed by atoms with E-state index in [-0.39, 0.29) is 11.9 Å². The minimum Gasteiger partial charge on any atom is -0.386 e. The van der Waals surface area contributed by atoms with Crippen molar-refractivity contribution in [2.24, 2.45) is 5.73 Å². The first-order valence-electron chi connectivity index (χ1n) is 2.56. The fourth-order valence-corrected chi connectivity index (χ4v) is 0.278. The van der Waals surface area contributed by atoms with E-state index in [9.17, 15) is 0 Å². The first kappa shape index (κ1) is 7.43. The zero-order chi connectivity index (χ0) is 6.73. The molecule has 0 rings (SSSR count). The Kier molecular flexibility index (Phi) is 2.48. The maximum absolute atomic E-state index is 6.97. The molecule has 0 aromatic heterocycles. The molecule has 0 heterocycles. The molecule has 0 fully saturated rings. The van der Waals surface area contributed by atoms with Gasteiger partial charge in [0.05, 0.1) is 6.04 Å². The van der Waals surface area contributed by atoms with E-state index in [0.29, 0.717) is 0 Å². The van der Waals surface area contributed by atoms with Crippen LogP contribution >= 0.6 is 0 Å². The normalized spacial score (nSPS) is 14.0. The average Bonchev–Trinajstić information content (AvgIpc) is 1.64. The number of likely N-dealkylation sites (N-methyl/N-ethyl adjacent to an activating group) is 1. The minimum atomic E-state index is 0.0648. The average molecular weight is 115 g/mol. The fourth-order valence-electron chi connectivity index (χ4n) is 0.278. The maximum atomic E-state index is 6.97. The first-order valence-corrected chi connectivity index (χ1v) is 2.56. The van der Waals surface area contributed by atoms with Crippen LogP contribution < -0.4 is 5.73 Å². The summed E-state index contributed by atoms with van der Waals surface area (Å²) in [6, 6.07) is 0.0648. The molecule has 3 heteroatoms. The smallest absolute Gasteiger partial charge is 0.108 e. The summed E-state index contributed by atoms with van der Waals surface area (Å²) in [6.45, 7) is 1.89. The number of rotatable bonds is 2. The molecule has 0 aromatic carbocycles. The van der Waals surface area contributed by atoms with E-state index in [1.165, 1.54) is 0 Å². The molecule has 3 nitrogen and oxygen atoms in total. The van der Waals surface area contributed by atoms with E-state index in [4.69, 9.17) is 11.1 Å². The molecular formula is C5H13N3. The third kappa shape index (κ3) is 1.93. The summed E-state index contributed by atoms with van der Waals surface area (Å²) in [4.78, 5) is 1.89. The van der Waals surface area contributed by atoms with Crippen molar-refractivity contribution in [1.82, 2.24) is 4.90 Å². The third-order valence-electron chi connectivity index (χ3n) is 1.22. The lowest BCUT2D eigenvalue weighted by Crippen LogP contribution is -2.37. The highest BCUT2D eigenvalue weighted by Gasteiger charge is 2.04. The molecule has 0 saturated carbocycles. The zero-order valence-corrected chi connectivity index (χ0v) is 5.60. The topological polar surface area (TPSA) is 53.1 Å². The second-order valence-electron chi connectivity index (χ2n) is 2.09. The molecule has 0 spiro atoms. The van der Waals surface area contributed by atoms with Crippen molar-refractivity contribution in [1.29, 1.82) is 5.41 Å². The maximum Gasteiger partial charge on any atom is 0.108 e. The second kappa shape index (κ2) is 2.67. The Balaban J connectivity index is 3.64. The van der Waals surface area contributed by atoms with Gasteiger partial charge in [-0.3, -0.25) is 10.3 Å². The molecule has 0 aliphatic carbocycles. The summed E-state index contributed by atoms with van der Waals surface area (Å²) in [5.74, 6) is 0.218. The highest BCUT2D eigenvalue weighted by Crippen LogP contribution is 1.87. The van der Waals surface area contributed by atoms with Gasteiger partial charge in [-0.2, -0.15) is 0 Å². The van der Waals surface area contributed by atoms with Crippen LogP contribution in [0.25, 0.3) is 0 Å². The van der Waals surface area contributed by atoms with Crippen LogP contribution in [0.1, 0.15) is 6.92 Å². The number of amidine groups is 1. The van der Waals surface area contributed by atoms with Gasteiger partial charge < -0.3 is 5.73 Å². The molecule has 1 atom stereocenters. The van der Waals surface area contributed by atoms with Crippen LogP contribution in [0.2, 0.25) is 0 Å². The lowest BCUT2D eigenvalue weighted by Gasteiger charge is -2.16. The van der Waals surface area contributed by atoms with Gasteiger partial charge in [0.2, 0.25) is 0 Å². The van der Waals surface area contributed by atoms with Crippen LogP contribution in [0.3, 0.4) is 0 Å². The molecule has 0 aliphatic rings. The van der Waals surface area contributed by atoms with Crippen molar-refractivity contribution in [2.75, 3.05) is 14.1 Å². The predicted molar refractivity (Wildman–Crippen MR) is 35.1 cm³/mol. The van der Waals surface area contributed by atoms with Gasteiger partial charge in [-0.15, -0.1) is 0 Å². The molecule has 0 aromatic rings. The monoisotopic (exact) mass is 115 g/mol. The Morgan fingerprint density at radius 1 is 1.62 bits per heavy atom. The standard InChI is InChI=1S/C5H13N3/c1-4(5(6)7)8(2)3/h4H,1-3H3,(H3,6,7). The predicted octanol–water partition coefficient (Wildman–Crippen LogP) is -0.128. The van der Waals surface area contributed by atoms with Crippen molar-refractivity contribution >= 4 is 5.84 Å². The van der Waals surface area contributed by atoms with Gasteiger partial charge in [-0.1, -0.05) is 0 Å². The van der Waals surface area contributed by atoms with Crippen LogP contribution in [-0.2, 0) is 0 Å². The Labute approximate surface area is 50.0 Å². The van der Waals surface area contributed by atoms with Gasteiger partial charge >= 0.3 is 0 Å². The molecule has 0 radical (unpaired) electrons. The van der Waals surface area contributed by atoms with Gasteiger partial charge in [-0.05, 0) is 21.0 Å². The SMILES string of the molecule is CC(C(=N)N)N(C)C. The van der Waals surface area contributed by atoms with Crippen LogP contribution in [0.4, 0.5) is 0 Å². The van der Waals surface area contributed by atoms with Gasteiger partial charge in [0, 0.05) is 0 Å². The first-order chi connectivity index (χ1) is 3.55. The Hall–Kier alpha value is -0.570. The van der Waals surface area contributed by atoms with E-state index < -0.39 is 0 Å². The lowest BCUT2D eigenvalue weighted by molar-refractivity contribution is 0.379. The summed E-state index contributed by atoms with van der Waals surface area (Å²) in [5, 5.41) is 6.97. The van der Waals surface area contributed by atoms with Gasteiger partial charge in [0.15, 0.2) is 0 Å². The molecule has 0 bridgehead atoms. The molecule has 48 valence electrons. The largest absolute Gasteiger partial charge is 0.386 e. The molecule has 3 N–H and O–H groups in total. The van der Waals surface area contributed by atoms with Crippen molar-refractivity contribution in [3.8, 4) is 0 Å². The van der Waals surface area contributed by atoms with Crippen LogP contribution in [-0.4, -0.2) is 30.9 Å². The van der Waals surface area contributed by atoms with Crippen molar-refractivity contribution in [2.45, 2.75) is 13.0 Å². The van der Waals surface area contributed by atoms with Crippen molar-refractivity contribution in [3.05, 3.63) is 0 Å². The van der Waals surface area contributed by atoms with Gasteiger partial charge in [-0.25, -0.2) is 0 Å². The third-order valence-corrected chi connectivity index (χ3v) is 1.22. The van der Waals surface area contributed by atoms with E-state index in [1.807, 2.05) is 25.9 Å². The summed E-state index contributed by atoms with van der Waals surface area (Å²) < 4.78 is 0. The van der Waals surface area contributed by atoms with Crippen LogP contribution in [0.15, 0.2) is 0 Å². The summed E-state index contributed by atoms with van der Waals surface area (Å²) in [5.41, 5.74) is 5.18. The molecular weight excluding hydrogens is 102 g/mol. The van der Waals surface area contributed by atoms with E-state index >= 15 is 0 Å². The number of hydrogen-bond donors (Lipinski definition) is 2. The molecule has 0 aliphatic heterocycles. The lowest BCUT2D eigenvalue weighted by atomic mass is 10.3. The second-order valence-corrected chi connectivity index (χ2v) is 2.09. The number of nitrogens with zero attached hydrogens (tertiary/aromatic N) is 1. The van der Waals surface area contributed by atoms with Crippen molar-refractivity contribution < 1.29 is 0 Å². The Bertz CT molecular complexity index is 87.7. The fraction of sp³-hybridized carbons (Fsp3) is 0.800. The zero-order valence-electron chi connectivity index (χ0n) is 5.60. The van der Waals surface area contributed by atoms with E-state index in [2.05, 4.69) is 0 Å². The Morgan fingerprint density at radius 2 is 2.00 bits per heavy atom. The van der Waals surface area contributed by atoms with Crippen molar-refractivity contribution in [3.63, 3.8) is 0 Å². The molecule has 0 saturated heterocycles. The van der Waals surface area contributed by atoms with E-state index in [0.717, 1.165) is 0 Å². The summed E-state index contributed by atoms with van der Waals surface area (Å²) >= 11 is 0. The summed E-state index contributed by atoms with van der Waals surface area (Å²) in [7, 11) is 3.79. The summed E-state index contributed by atoms with van der Waals surface area (Å²) in [6.07, 6.45) is 0. The number of nitrogens with one attached hydrogen (secondary N) is 1. The highest BCUT2D eigenvalue weighted by atomic mass is 15.1. The quantitative estimate of drug-likeness (QED) is 0.389. The molecule has 8 heavy (non-hydrogen) atoms. The van der Waals surface area contributed by atoms with Crippen LogP contribution in [0, 0.1) is 5.41 Å². The van der Waals surface area contributed by atoms with Crippen LogP contribution in [0.5, 0.6) is 0 Å². The Morgan fingerprint density at radius 3 is 2.00 bits per heavy atom.